The van der Waals surface area contributed by atoms with Crippen molar-refractivity contribution in [3.05, 3.63) is 5.82 Å². The van der Waals surface area contributed by atoms with Gasteiger partial charge in [-0.05, 0) is 49.0 Å². The number of hydrogen-bond donors (Lipinski definition) is 2. The molecule has 4 rings (SSSR count). The molecule has 0 amide bonds. The number of nitrogens with one attached hydrogen (secondary N) is 2. The summed E-state index contributed by atoms with van der Waals surface area (Å²) in [6.45, 7) is 11.4. The first kappa shape index (κ1) is 18.3. The molecule has 146 valence electrons. The minimum atomic E-state index is 0.281. The van der Waals surface area contributed by atoms with Crippen molar-refractivity contribution in [2.75, 3.05) is 32.8 Å². The summed E-state index contributed by atoms with van der Waals surface area (Å²) in [6, 6.07) is 1.32. The van der Waals surface area contributed by atoms with Crippen LogP contribution in [0, 0.1) is 5.92 Å². The van der Waals surface area contributed by atoms with E-state index in [9.17, 15) is 0 Å². The van der Waals surface area contributed by atoms with Crippen molar-refractivity contribution >= 4 is 0 Å². The van der Waals surface area contributed by atoms with Gasteiger partial charge in [0.05, 0.1) is 18.7 Å². The smallest absolute Gasteiger partial charge is 0.209 e. The molecule has 3 fully saturated rings. The molecule has 1 aliphatic carbocycles. The lowest BCUT2D eigenvalue weighted by atomic mass is 10.00. The number of tetrazole rings is 1. The lowest BCUT2D eigenvalue weighted by Gasteiger charge is -2.37. The molecular formula is C19H36N6O+2. The third-order valence-corrected chi connectivity index (χ3v) is 6.81. The predicted octanol–water partition coefficient (Wildman–Crippen LogP) is -0.725. The van der Waals surface area contributed by atoms with E-state index in [-0.39, 0.29) is 6.10 Å². The number of hydrogen-bond acceptors (Lipinski definition) is 4. The van der Waals surface area contributed by atoms with E-state index >= 15 is 0 Å². The molecule has 2 atom stereocenters. The van der Waals surface area contributed by atoms with Crippen LogP contribution in [0.3, 0.4) is 0 Å². The zero-order valence-corrected chi connectivity index (χ0v) is 16.5. The van der Waals surface area contributed by atoms with Crippen molar-refractivity contribution < 1.29 is 14.5 Å². The second kappa shape index (κ2) is 8.31. The Balaban J connectivity index is 1.42. The third kappa shape index (κ3) is 3.94. The lowest BCUT2D eigenvalue weighted by molar-refractivity contribution is -1.04. The van der Waals surface area contributed by atoms with Crippen LogP contribution in [-0.2, 0) is 11.3 Å². The molecule has 1 saturated carbocycles. The molecule has 3 heterocycles. The molecule has 7 nitrogen and oxygen atoms in total. The average molecular weight is 365 g/mol. The van der Waals surface area contributed by atoms with E-state index in [0.29, 0.717) is 12.0 Å². The second-order valence-corrected chi connectivity index (χ2v) is 8.87. The number of aromatic nitrogens is 4. The molecule has 0 unspecified atom stereocenters. The van der Waals surface area contributed by atoms with E-state index in [1.54, 1.807) is 4.90 Å². The molecule has 0 radical (unpaired) electrons. The predicted molar refractivity (Wildman–Crippen MR) is 98.0 cm³/mol. The van der Waals surface area contributed by atoms with E-state index in [0.717, 1.165) is 37.9 Å². The molecule has 3 aliphatic rings. The third-order valence-electron chi connectivity index (χ3n) is 6.81. The Hall–Kier alpha value is -1.05. The molecule has 0 spiro atoms. The maximum absolute atomic E-state index is 5.81. The SMILES string of the molecule is CC(C)[C@@H](c1nnnn1C[C@@H]1CCCO1)[NH+]1CC[NH+](C2CCCC2)CC1. The topological polar surface area (TPSA) is 61.7 Å². The molecule has 26 heavy (non-hydrogen) atoms. The Bertz CT molecular complexity index is 556. The fraction of sp³-hybridized carbons (Fsp3) is 0.947. The van der Waals surface area contributed by atoms with E-state index in [1.807, 2.05) is 9.58 Å². The number of piperazine rings is 1. The zero-order valence-electron chi connectivity index (χ0n) is 16.5. The summed E-state index contributed by atoms with van der Waals surface area (Å²) >= 11 is 0. The van der Waals surface area contributed by atoms with Crippen LogP contribution in [-0.4, -0.2) is 65.1 Å². The molecule has 1 aromatic heterocycles. The summed E-state index contributed by atoms with van der Waals surface area (Å²) < 4.78 is 7.84. The standard InChI is InChI=1S/C19H34N6O/c1-15(2)18(19-20-21-22-25(19)14-17-8-5-13-26-17)24-11-9-23(10-12-24)16-6-3-4-7-16/h15-18H,3-14H2,1-2H3/p+2/t17-,18-/m0/s1. The van der Waals surface area contributed by atoms with Gasteiger partial charge in [-0.3, -0.25) is 0 Å². The number of nitrogens with zero attached hydrogens (tertiary/aromatic N) is 4. The Morgan fingerprint density at radius 1 is 1.08 bits per heavy atom. The van der Waals surface area contributed by atoms with Gasteiger partial charge < -0.3 is 14.5 Å². The van der Waals surface area contributed by atoms with Crippen LogP contribution in [0.4, 0.5) is 0 Å². The molecule has 0 bridgehead atoms. The Morgan fingerprint density at radius 3 is 2.50 bits per heavy atom. The van der Waals surface area contributed by atoms with Gasteiger partial charge in [0.2, 0.25) is 5.82 Å². The summed E-state index contributed by atoms with van der Waals surface area (Å²) in [5.41, 5.74) is 0. The van der Waals surface area contributed by atoms with Gasteiger partial charge in [0.1, 0.15) is 26.2 Å². The molecule has 2 N–H and O–H groups in total. The van der Waals surface area contributed by atoms with Gasteiger partial charge in [0, 0.05) is 12.5 Å². The van der Waals surface area contributed by atoms with Gasteiger partial charge in [-0.15, -0.1) is 5.10 Å². The minimum absolute atomic E-state index is 0.281. The van der Waals surface area contributed by atoms with Gasteiger partial charge in [-0.1, -0.05) is 13.8 Å². The van der Waals surface area contributed by atoms with Crippen LogP contribution in [0.5, 0.6) is 0 Å². The van der Waals surface area contributed by atoms with Gasteiger partial charge in [0.15, 0.2) is 6.04 Å². The fourth-order valence-electron chi connectivity index (χ4n) is 5.44. The Labute approximate surface area is 157 Å². The number of rotatable bonds is 6. The quantitative estimate of drug-likeness (QED) is 0.699. The molecule has 0 aromatic carbocycles. The molecule has 7 heteroatoms. The molecule has 1 aromatic rings. The summed E-state index contributed by atoms with van der Waals surface area (Å²) in [4.78, 5) is 3.53. The first-order valence-electron chi connectivity index (χ1n) is 10.8. The normalized spacial score (nSPS) is 31.7. The van der Waals surface area contributed by atoms with Crippen molar-refractivity contribution in [2.45, 2.75) is 77.1 Å². The van der Waals surface area contributed by atoms with Crippen LogP contribution < -0.4 is 9.80 Å². The largest absolute Gasteiger partial charge is 0.376 e. The Morgan fingerprint density at radius 2 is 1.85 bits per heavy atom. The number of quaternary nitrogens is 2. The van der Waals surface area contributed by atoms with Crippen molar-refractivity contribution in [3.63, 3.8) is 0 Å². The van der Waals surface area contributed by atoms with Crippen LogP contribution in [0.2, 0.25) is 0 Å². The van der Waals surface area contributed by atoms with Gasteiger partial charge >= 0.3 is 0 Å². The van der Waals surface area contributed by atoms with Crippen LogP contribution in [0.15, 0.2) is 0 Å². The molecule has 2 aliphatic heterocycles. The van der Waals surface area contributed by atoms with Crippen molar-refractivity contribution in [2.24, 2.45) is 5.92 Å². The zero-order chi connectivity index (χ0) is 17.9. The van der Waals surface area contributed by atoms with Crippen molar-refractivity contribution in [1.29, 1.82) is 0 Å². The highest BCUT2D eigenvalue weighted by atomic mass is 16.5. The highest BCUT2D eigenvalue weighted by Crippen LogP contribution is 2.19. The average Bonchev–Trinajstić information content (AvgIpc) is 3.39. The second-order valence-electron chi connectivity index (χ2n) is 8.87. The van der Waals surface area contributed by atoms with E-state index in [4.69, 9.17) is 4.74 Å². The van der Waals surface area contributed by atoms with Gasteiger partial charge in [-0.25, -0.2) is 4.68 Å². The maximum atomic E-state index is 5.81. The first-order valence-corrected chi connectivity index (χ1v) is 10.8. The fourth-order valence-corrected chi connectivity index (χ4v) is 5.44. The van der Waals surface area contributed by atoms with Crippen molar-refractivity contribution in [1.82, 2.24) is 20.2 Å². The molecule has 2 saturated heterocycles. The summed E-state index contributed by atoms with van der Waals surface area (Å²) in [7, 11) is 0. The highest BCUT2D eigenvalue weighted by Gasteiger charge is 2.38. The number of ether oxygens (including phenoxy) is 1. The van der Waals surface area contributed by atoms with Crippen molar-refractivity contribution in [3.8, 4) is 0 Å². The van der Waals surface area contributed by atoms with E-state index in [2.05, 4.69) is 29.4 Å². The van der Waals surface area contributed by atoms with Gasteiger partial charge in [0.25, 0.3) is 0 Å². The summed E-state index contributed by atoms with van der Waals surface area (Å²) in [6.07, 6.45) is 8.34. The van der Waals surface area contributed by atoms with Crippen LogP contribution in [0.25, 0.3) is 0 Å². The molecular weight excluding hydrogens is 328 g/mol. The maximum Gasteiger partial charge on any atom is 0.209 e. The van der Waals surface area contributed by atoms with Gasteiger partial charge in [-0.2, -0.15) is 0 Å². The van der Waals surface area contributed by atoms with Crippen LogP contribution >= 0.6 is 0 Å². The minimum Gasteiger partial charge on any atom is -0.376 e. The summed E-state index contributed by atoms with van der Waals surface area (Å²) in [5.74, 6) is 1.60. The summed E-state index contributed by atoms with van der Waals surface area (Å²) in [5, 5.41) is 12.8. The lowest BCUT2D eigenvalue weighted by Crippen LogP contribution is -3.29. The first-order chi connectivity index (χ1) is 12.7. The van der Waals surface area contributed by atoms with Crippen LogP contribution in [0.1, 0.15) is 64.2 Å². The Kier molecular flexibility index (Phi) is 5.86. The van der Waals surface area contributed by atoms with E-state index in [1.165, 1.54) is 51.9 Å². The van der Waals surface area contributed by atoms with E-state index < -0.39 is 0 Å². The monoisotopic (exact) mass is 364 g/mol. The highest BCUT2D eigenvalue weighted by molar-refractivity contribution is 4.90.